The van der Waals surface area contributed by atoms with Gasteiger partial charge in [-0.2, -0.15) is 0 Å². The van der Waals surface area contributed by atoms with Crippen molar-refractivity contribution in [2.45, 2.75) is 32.7 Å². The summed E-state index contributed by atoms with van der Waals surface area (Å²) in [7, 11) is 2.89. The Morgan fingerprint density at radius 1 is 1.16 bits per heavy atom. The van der Waals surface area contributed by atoms with E-state index in [1.807, 2.05) is 20.8 Å². The van der Waals surface area contributed by atoms with Gasteiger partial charge in [-0.25, -0.2) is 10.3 Å². The molecule has 1 N–H and O–H groups in total. The second-order valence-corrected chi connectivity index (χ2v) is 4.91. The molecule has 7 heteroatoms. The summed E-state index contributed by atoms with van der Waals surface area (Å²) in [5.74, 6) is -0.290. The summed E-state index contributed by atoms with van der Waals surface area (Å²) in [6.07, 6.45) is -0.320. The quantitative estimate of drug-likeness (QED) is 0.553. The SMILES string of the molecule is COCCOC(=O)N(CCC(=O)NOC)C(C)(C)C. The lowest BCUT2D eigenvalue weighted by Gasteiger charge is -2.34. The topological polar surface area (TPSA) is 77.1 Å². The molecule has 0 bridgehead atoms. The lowest BCUT2D eigenvalue weighted by Crippen LogP contribution is -2.47. The van der Waals surface area contributed by atoms with E-state index in [1.165, 1.54) is 19.1 Å². The normalized spacial score (nSPS) is 11.0. The van der Waals surface area contributed by atoms with Gasteiger partial charge in [-0.3, -0.25) is 9.63 Å². The summed E-state index contributed by atoms with van der Waals surface area (Å²) >= 11 is 0. The zero-order valence-corrected chi connectivity index (χ0v) is 12.3. The number of rotatable bonds is 7. The van der Waals surface area contributed by atoms with Gasteiger partial charge in [0, 0.05) is 25.6 Å². The van der Waals surface area contributed by atoms with E-state index in [9.17, 15) is 9.59 Å². The molecule has 0 aromatic carbocycles. The van der Waals surface area contributed by atoms with Crippen LogP contribution >= 0.6 is 0 Å². The van der Waals surface area contributed by atoms with E-state index in [1.54, 1.807) is 0 Å². The molecule has 0 atom stereocenters. The maximum absolute atomic E-state index is 11.9. The lowest BCUT2D eigenvalue weighted by molar-refractivity contribution is -0.131. The van der Waals surface area contributed by atoms with Gasteiger partial charge in [0.2, 0.25) is 5.91 Å². The fraction of sp³-hybridized carbons (Fsp3) is 0.833. The molecule has 0 aromatic heterocycles. The van der Waals surface area contributed by atoms with Crippen LogP contribution in [0.1, 0.15) is 27.2 Å². The zero-order valence-electron chi connectivity index (χ0n) is 12.3. The summed E-state index contributed by atoms with van der Waals surface area (Å²) in [6.45, 7) is 6.40. The zero-order chi connectivity index (χ0) is 14.9. The van der Waals surface area contributed by atoms with Gasteiger partial charge in [0.25, 0.3) is 0 Å². The first-order valence-corrected chi connectivity index (χ1v) is 6.08. The number of nitrogens with one attached hydrogen (secondary N) is 1. The monoisotopic (exact) mass is 276 g/mol. The van der Waals surface area contributed by atoms with Crippen LogP contribution in [-0.4, -0.2) is 56.4 Å². The molecule has 0 aromatic rings. The minimum absolute atomic E-state index is 0.143. The lowest BCUT2D eigenvalue weighted by atomic mass is 10.1. The van der Waals surface area contributed by atoms with Crippen molar-refractivity contribution in [3.8, 4) is 0 Å². The van der Waals surface area contributed by atoms with E-state index in [0.717, 1.165) is 0 Å². The van der Waals surface area contributed by atoms with E-state index < -0.39 is 11.6 Å². The Balaban J connectivity index is 4.39. The van der Waals surface area contributed by atoms with E-state index >= 15 is 0 Å². The molecule has 0 aliphatic carbocycles. The summed E-state index contributed by atoms with van der Waals surface area (Å²) in [5, 5.41) is 0. The third-order valence-electron chi connectivity index (χ3n) is 2.32. The van der Waals surface area contributed by atoms with Gasteiger partial charge >= 0.3 is 6.09 Å². The smallest absolute Gasteiger partial charge is 0.410 e. The molecule has 7 nitrogen and oxygen atoms in total. The van der Waals surface area contributed by atoms with Crippen LogP contribution in [0.15, 0.2) is 0 Å². The van der Waals surface area contributed by atoms with Gasteiger partial charge in [-0.15, -0.1) is 0 Å². The molecule has 0 spiro atoms. The fourth-order valence-electron chi connectivity index (χ4n) is 1.37. The van der Waals surface area contributed by atoms with Crippen molar-refractivity contribution in [3.63, 3.8) is 0 Å². The predicted octanol–water partition coefficient (Wildman–Crippen LogP) is 0.938. The molecule has 19 heavy (non-hydrogen) atoms. The Morgan fingerprint density at radius 3 is 2.26 bits per heavy atom. The number of amides is 2. The molecular formula is C12H24N2O5. The van der Waals surface area contributed by atoms with Gasteiger partial charge in [-0.05, 0) is 20.8 Å². The highest BCUT2D eigenvalue weighted by Crippen LogP contribution is 2.15. The molecule has 2 amide bonds. The Morgan fingerprint density at radius 2 is 1.79 bits per heavy atom. The van der Waals surface area contributed by atoms with Crippen molar-refractivity contribution in [1.82, 2.24) is 10.4 Å². The number of carbonyl (C=O) groups is 2. The maximum atomic E-state index is 11.9. The molecule has 0 saturated carbocycles. The highest BCUT2D eigenvalue weighted by Gasteiger charge is 2.28. The van der Waals surface area contributed by atoms with Crippen molar-refractivity contribution >= 4 is 12.0 Å². The van der Waals surface area contributed by atoms with E-state index in [2.05, 4.69) is 10.3 Å². The molecular weight excluding hydrogens is 252 g/mol. The Bertz CT molecular complexity index is 288. The first kappa shape index (κ1) is 17.7. The Hall–Kier alpha value is -1.34. The highest BCUT2D eigenvalue weighted by molar-refractivity contribution is 5.76. The maximum Gasteiger partial charge on any atom is 0.410 e. The van der Waals surface area contributed by atoms with Crippen molar-refractivity contribution in [2.75, 3.05) is 34.0 Å². The van der Waals surface area contributed by atoms with Crippen LogP contribution in [0.4, 0.5) is 4.79 Å². The fourth-order valence-corrected chi connectivity index (χ4v) is 1.37. The number of ether oxygens (including phenoxy) is 2. The first-order chi connectivity index (χ1) is 8.82. The predicted molar refractivity (Wildman–Crippen MR) is 69.5 cm³/mol. The molecule has 0 radical (unpaired) electrons. The minimum atomic E-state index is -0.463. The Kier molecular flexibility index (Phi) is 8.09. The van der Waals surface area contributed by atoms with Crippen molar-refractivity contribution in [1.29, 1.82) is 0 Å². The second-order valence-electron chi connectivity index (χ2n) is 4.91. The van der Waals surface area contributed by atoms with Crippen molar-refractivity contribution in [3.05, 3.63) is 0 Å². The molecule has 0 unspecified atom stereocenters. The second kappa shape index (κ2) is 8.71. The van der Waals surface area contributed by atoms with Gasteiger partial charge in [0.05, 0.1) is 13.7 Å². The Labute approximate surface area is 114 Å². The van der Waals surface area contributed by atoms with Gasteiger partial charge in [0.15, 0.2) is 0 Å². The number of hydrogen-bond donors (Lipinski definition) is 1. The largest absolute Gasteiger partial charge is 0.447 e. The number of hydrogen-bond acceptors (Lipinski definition) is 5. The number of carbonyl (C=O) groups excluding carboxylic acids is 2. The molecule has 0 heterocycles. The number of methoxy groups -OCH3 is 1. The molecule has 0 rings (SSSR count). The van der Waals surface area contributed by atoms with E-state index in [0.29, 0.717) is 6.61 Å². The van der Waals surface area contributed by atoms with Crippen LogP contribution in [0, 0.1) is 0 Å². The van der Waals surface area contributed by atoms with E-state index in [-0.39, 0.29) is 25.5 Å². The van der Waals surface area contributed by atoms with Gasteiger partial charge in [-0.1, -0.05) is 0 Å². The summed E-state index contributed by atoms with van der Waals surface area (Å²) in [4.78, 5) is 29.3. The van der Waals surface area contributed by atoms with Crippen LogP contribution in [-0.2, 0) is 19.1 Å². The first-order valence-electron chi connectivity index (χ1n) is 6.08. The standard InChI is InChI=1S/C12H24N2O5/c1-12(2,3)14(7-6-10(15)13-18-5)11(16)19-9-8-17-4/h6-9H2,1-5H3,(H,13,15). The van der Waals surface area contributed by atoms with Crippen molar-refractivity contribution < 1.29 is 23.9 Å². The number of nitrogens with zero attached hydrogens (tertiary/aromatic N) is 1. The summed E-state index contributed by atoms with van der Waals surface area (Å²) in [5.41, 5.74) is 1.77. The van der Waals surface area contributed by atoms with Gasteiger partial charge < -0.3 is 14.4 Å². The minimum Gasteiger partial charge on any atom is -0.447 e. The van der Waals surface area contributed by atoms with E-state index in [4.69, 9.17) is 9.47 Å². The summed E-state index contributed by atoms with van der Waals surface area (Å²) in [6, 6.07) is 0. The third-order valence-corrected chi connectivity index (χ3v) is 2.32. The average Bonchev–Trinajstić information content (AvgIpc) is 2.28. The highest BCUT2D eigenvalue weighted by atomic mass is 16.6. The molecule has 0 aliphatic rings. The van der Waals surface area contributed by atoms with Crippen LogP contribution in [0.5, 0.6) is 0 Å². The average molecular weight is 276 g/mol. The van der Waals surface area contributed by atoms with Crippen molar-refractivity contribution in [2.24, 2.45) is 0 Å². The van der Waals surface area contributed by atoms with Crippen LogP contribution in [0.2, 0.25) is 0 Å². The molecule has 0 aliphatic heterocycles. The molecule has 0 fully saturated rings. The summed E-state index contributed by atoms with van der Waals surface area (Å²) < 4.78 is 9.87. The van der Waals surface area contributed by atoms with Crippen LogP contribution in [0.25, 0.3) is 0 Å². The molecule has 112 valence electrons. The van der Waals surface area contributed by atoms with Crippen LogP contribution < -0.4 is 5.48 Å². The number of hydroxylamine groups is 1. The van der Waals surface area contributed by atoms with Gasteiger partial charge in [0.1, 0.15) is 6.61 Å². The molecule has 0 saturated heterocycles. The van der Waals surface area contributed by atoms with Crippen LogP contribution in [0.3, 0.4) is 0 Å². The third kappa shape index (κ3) is 7.63.